The van der Waals surface area contributed by atoms with Crippen molar-refractivity contribution in [1.82, 2.24) is 10.2 Å². The molecule has 1 saturated carbocycles. The number of ketones is 1. The van der Waals surface area contributed by atoms with E-state index >= 15 is 0 Å². The summed E-state index contributed by atoms with van der Waals surface area (Å²) in [6.45, 7) is 4.15. The molecule has 1 saturated heterocycles. The number of nitrogens with one attached hydrogen (secondary N) is 1. The van der Waals surface area contributed by atoms with E-state index in [0.717, 1.165) is 18.4 Å². The average molecular weight is 370 g/mol. The normalized spacial score (nSPS) is 26.2. The predicted molar refractivity (Wildman–Crippen MR) is 99.7 cm³/mol. The van der Waals surface area contributed by atoms with Gasteiger partial charge in [-0.2, -0.15) is 0 Å². The lowest BCUT2D eigenvalue weighted by Gasteiger charge is -2.37. The molecule has 144 valence electrons. The van der Waals surface area contributed by atoms with Crippen molar-refractivity contribution in [2.45, 2.75) is 70.1 Å². The number of nitrogens with zero attached hydrogens (tertiary/aromatic N) is 1. The third-order valence-corrected chi connectivity index (χ3v) is 5.94. The highest BCUT2D eigenvalue weighted by Crippen LogP contribution is 2.40. The molecule has 27 heavy (non-hydrogen) atoms. The van der Waals surface area contributed by atoms with E-state index in [1.54, 1.807) is 11.8 Å². The Hall–Kier alpha value is -2.37. The van der Waals surface area contributed by atoms with E-state index in [1.165, 1.54) is 0 Å². The van der Waals surface area contributed by atoms with Crippen molar-refractivity contribution < 1.29 is 19.1 Å². The van der Waals surface area contributed by atoms with Crippen LogP contribution in [0, 0.1) is 6.92 Å². The van der Waals surface area contributed by atoms with Crippen molar-refractivity contribution in [2.75, 3.05) is 6.54 Å². The van der Waals surface area contributed by atoms with E-state index in [2.05, 4.69) is 5.32 Å². The summed E-state index contributed by atoms with van der Waals surface area (Å²) in [6.07, 6.45) is 3.66. The quantitative estimate of drug-likeness (QED) is 0.886. The summed E-state index contributed by atoms with van der Waals surface area (Å²) in [5.74, 6) is 0.539. The van der Waals surface area contributed by atoms with Crippen molar-refractivity contribution in [1.29, 1.82) is 0 Å². The zero-order valence-corrected chi connectivity index (χ0v) is 15.9. The van der Waals surface area contributed by atoms with Gasteiger partial charge in [0.25, 0.3) is 0 Å². The van der Waals surface area contributed by atoms with Crippen LogP contribution >= 0.6 is 0 Å². The van der Waals surface area contributed by atoms with Gasteiger partial charge in [-0.3, -0.25) is 14.4 Å². The minimum atomic E-state index is -0.656. The number of aryl methyl sites for hydroxylation is 1. The summed E-state index contributed by atoms with van der Waals surface area (Å²) in [6, 6.07) is 5.42. The number of hydrogen-bond donors (Lipinski definition) is 1. The van der Waals surface area contributed by atoms with Gasteiger partial charge in [0, 0.05) is 25.4 Å². The van der Waals surface area contributed by atoms with Gasteiger partial charge in [0.05, 0.1) is 12.0 Å². The fraction of sp³-hybridized carbons (Fsp3) is 0.571. The number of benzene rings is 1. The van der Waals surface area contributed by atoms with E-state index in [9.17, 15) is 14.4 Å². The first-order chi connectivity index (χ1) is 12.9. The van der Waals surface area contributed by atoms with Gasteiger partial charge in [0.2, 0.25) is 11.8 Å². The van der Waals surface area contributed by atoms with Gasteiger partial charge < -0.3 is 15.0 Å². The highest BCUT2D eigenvalue weighted by atomic mass is 16.5. The highest BCUT2D eigenvalue weighted by molar-refractivity contribution is 6.00. The Labute approximate surface area is 159 Å². The van der Waals surface area contributed by atoms with E-state index in [4.69, 9.17) is 4.74 Å². The maximum Gasteiger partial charge on any atom is 0.242 e. The van der Waals surface area contributed by atoms with Gasteiger partial charge in [-0.05, 0) is 45.2 Å². The molecule has 1 N–H and O–H groups in total. The van der Waals surface area contributed by atoms with Crippen molar-refractivity contribution in [3.63, 3.8) is 0 Å². The number of rotatable bonds is 3. The molecule has 0 bridgehead atoms. The van der Waals surface area contributed by atoms with Crippen LogP contribution in [0.2, 0.25) is 0 Å². The Balaban J connectivity index is 1.50. The zero-order chi connectivity index (χ0) is 19.2. The lowest BCUT2D eigenvalue weighted by atomic mass is 9.84. The second-order valence-corrected chi connectivity index (χ2v) is 8.18. The van der Waals surface area contributed by atoms with E-state index < -0.39 is 11.6 Å². The second kappa shape index (κ2) is 6.66. The number of ether oxygens (including phenoxy) is 1. The molecule has 2 aliphatic heterocycles. The molecule has 0 aromatic heterocycles. The van der Waals surface area contributed by atoms with Crippen molar-refractivity contribution in [2.24, 2.45) is 0 Å². The summed E-state index contributed by atoms with van der Waals surface area (Å²) in [5.41, 5.74) is 1.00. The fourth-order valence-electron chi connectivity index (χ4n) is 4.04. The molecule has 0 unspecified atom stereocenters. The predicted octanol–water partition coefficient (Wildman–Crippen LogP) is 2.38. The van der Waals surface area contributed by atoms with Crippen LogP contribution in [-0.2, 0) is 9.59 Å². The van der Waals surface area contributed by atoms with Gasteiger partial charge in [0.15, 0.2) is 5.78 Å². The fourth-order valence-corrected chi connectivity index (χ4v) is 4.04. The third kappa shape index (κ3) is 3.57. The Morgan fingerprint density at radius 1 is 1.30 bits per heavy atom. The number of Topliss-reactive ketones (excluding diaryl/α,β-unsaturated/α-hetero) is 1. The lowest BCUT2D eigenvalue weighted by molar-refractivity contribution is -0.139. The average Bonchev–Trinajstić information content (AvgIpc) is 3.45. The molecule has 1 spiro atoms. The lowest BCUT2D eigenvalue weighted by Crippen LogP contribution is -2.49. The van der Waals surface area contributed by atoms with Gasteiger partial charge in [-0.1, -0.05) is 11.6 Å². The third-order valence-electron chi connectivity index (χ3n) is 5.94. The summed E-state index contributed by atoms with van der Waals surface area (Å²) >= 11 is 0. The van der Waals surface area contributed by atoms with Gasteiger partial charge in [0.1, 0.15) is 17.4 Å². The molecular formula is C21H26N2O4. The van der Waals surface area contributed by atoms with Crippen LogP contribution in [0.25, 0.3) is 0 Å². The van der Waals surface area contributed by atoms with Crippen LogP contribution in [0.3, 0.4) is 0 Å². The maximum absolute atomic E-state index is 12.7. The van der Waals surface area contributed by atoms with E-state index in [0.29, 0.717) is 30.7 Å². The molecule has 2 heterocycles. The molecule has 1 aliphatic carbocycles. The SMILES string of the molecule is Cc1ccc2c(c1)C(=O)C[C@@]1(CCC(=O)N([C@H](C)C(=O)NC3CC3)CC1)O2. The second-order valence-electron chi connectivity index (χ2n) is 8.18. The van der Waals surface area contributed by atoms with Crippen LogP contribution < -0.4 is 10.1 Å². The number of carbonyl (C=O) groups excluding carboxylic acids is 3. The van der Waals surface area contributed by atoms with Crippen molar-refractivity contribution in [3.05, 3.63) is 29.3 Å². The molecule has 6 nitrogen and oxygen atoms in total. The molecular weight excluding hydrogens is 344 g/mol. The van der Waals surface area contributed by atoms with Crippen LogP contribution in [0.5, 0.6) is 5.75 Å². The van der Waals surface area contributed by atoms with Crippen LogP contribution in [-0.4, -0.2) is 46.7 Å². The smallest absolute Gasteiger partial charge is 0.242 e. The Bertz CT molecular complexity index is 801. The minimum absolute atomic E-state index is 0.0453. The van der Waals surface area contributed by atoms with Gasteiger partial charge in [-0.25, -0.2) is 0 Å². The molecule has 2 fully saturated rings. The van der Waals surface area contributed by atoms with Crippen molar-refractivity contribution >= 4 is 17.6 Å². The number of hydrogen-bond acceptors (Lipinski definition) is 4. The summed E-state index contributed by atoms with van der Waals surface area (Å²) in [4.78, 5) is 39.4. The number of fused-ring (bicyclic) bond motifs is 1. The maximum atomic E-state index is 12.7. The van der Waals surface area contributed by atoms with E-state index in [-0.39, 0.29) is 36.5 Å². The van der Waals surface area contributed by atoms with Crippen LogP contribution in [0.1, 0.15) is 61.4 Å². The summed E-state index contributed by atoms with van der Waals surface area (Å²) in [5, 5.41) is 2.97. The Kier molecular flexibility index (Phi) is 4.44. The Morgan fingerprint density at radius 3 is 2.81 bits per heavy atom. The molecule has 2 atom stereocenters. The molecule has 4 rings (SSSR count). The highest BCUT2D eigenvalue weighted by Gasteiger charge is 2.44. The van der Waals surface area contributed by atoms with Gasteiger partial charge >= 0.3 is 0 Å². The molecule has 2 amide bonds. The number of carbonyl (C=O) groups is 3. The topological polar surface area (TPSA) is 75.7 Å². The number of likely N-dealkylation sites (tertiary alicyclic amines) is 1. The monoisotopic (exact) mass is 370 g/mol. The molecule has 1 aromatic carbocycles. The Morgan fingerprint density at radius 2 is 2.07 bits per heavy atom. The molecule has 0 radical (unpaired) electrons. The van der Waals surface area contributed by atoms with Crippen LogP contribution in [0.15, 0.2) is 18.2 Å². The standard InChI is InChI=1S/C21H26N2O4/c1-13-3-6-18-16(11-13)17(24)12-21(27-18)8-7-19(25)23(10-9-21)14(2)20(26)22-15-4-5-15/h3,6,11,14-15H,4-5,7-10,12H2,1-2H3,(H,22,26)/t14-,21+/m1/s1. The van der Waals surface area contributed by atoms with Crippen molar-refractivity contribution in [3.8, 4) is 5.75 Å². The number of amides is 2. The molecule has 6 heteroatoms. The summed E-state index contributed by atoms with van der Waals surface area (Å²) in [7, 11) is 0. The first-order valence-corrected chi connectivity index (χ1v) is 9.80. The minimum Gasteiger partial charge on any atom is -0.486 e. The molecule has 3 aliphatic rings. The van der Waals surface area contributed by atoms with Gasteiger partial charge in [-0.15, -0.1) is 0 Å². The van der Waals surface area contributed by atoms with E-state index in [1.807, 2.05) is 25.1 Å². The largest absolute Gasteiger partial charge is 0.486 e. The first-order valence-electron chi connectivity index (χ1n) is 9.80. The zero-order valence-electron chi connectivity index (χ0n) is 15.9. The van der Waals surface area contributed by atoms with Crippen LogP contribution in [0.4, 0.5) is 0 Å². The summed E-state index contributed by atoms with van der Waals surface area (Å²) < 4.78 is 6.28. The molecule has 1 aromatic rings. The first kappa shape index (κ1) is 18.0.